The number of carbonyl (C=O) groups is 2. The Morgan fingerprint density at radius 2 is 1.90 bits per heavy atom. The molecule has 40 heavy (non-hydrogen) atoms. The summed E-state index contributed by atoms with van der Waals surface area (Å²) in [7, 11) is 1.60. The van der Waals surface area contributed by atoms with Crippen LogP contribution in [0.3, 0.4) is 0 Å². The van der Waals surface area contributed by atoms with E-state index in [-0.39, 0.29) is 24.5 Å². The molecule has 0 bridgehead atoms. The Balaban J connectivity index is 1.42. The maximum Gasteiger partial charge on any atom is 0.254 e. The van der Waals surface area contributed by atoms with Crippen molar-refractivity contribution < 1.29 is 19.1 Å². The quantitative estimate of drug-likeness (QED) is 0.282. The van der Waals surface area contributed by atoms with Gasteiger partial charge in [-0.25, -0.2) is 4.98 Å². The van der Waals surface area contributed by atoms with E-state index in [1.807, 2.05) is 61.7 Å². The third-order valence-corrected chi connectivity index (χ3v) is 7.05. The van der Waals surface area contributed by atoms with E-state index in [9.17, 15) is 9.59 Å². The average Bonchev–Trinajstić information content (AvgIpc) is 3.63. The van der Waals surface area contributed by atoms with Gasteiger partial charge in [0, 0.05) is 41.6 Å². The maximum atomic E-state index is 13.5. The van der Waals surface area contributed by atoms with E-state index in [2.05, 4.69) is 5.32 Å². The highest BCUT2D eigenvalue weighted by atomic mass is 35.5. The Kier molecular flexibility index (Phi) is 8.48. The molecule has 1 N–H and O–H groups in total. The molecule has 0 spiro atoms. The number of amides is 2. The number of carbonyl (C=O) groups excluding carboxylic acids is 2. The molecule has 1 atom stereocenters. The first-order valence-corrected chi connectivity index (χ1v) is 13.5. The molecule has 1 aromatic heterocycles. The van der Waals surface area contributed by atoms with Gasteiger partial charge in [-0.05, 0) is 56.2 Å². The number of ether oxygens (including phenoxy) is 2. The molecule has 1 aliphatic rings. The standard InChI is InChI=1S/C31H31ClN4O4/c1-21-8-10-23(11-9-21)30(38)35(18-27-7-4-16-40-27)20-29(37)34-31-33-28(22-12-14-24(32)15-13-22)19-36(31)25-5-3-6-26(17-25)39-2/h3,5-6,8-15,17,19,27H,4,7,16,18,20H2,1-2H3,(H,33,34,37)/t27-/m1/s1. The molecule has 0 saturated carbocycles. The fourth-order valence-electron chi connectivity index (χ4n) is 4.66. The molecular weight excluding hydrogens is 528 g/mol. The van der Waals surface area contributed by atoms with Crippen LogP contribution >= 0.6 is 11.6 Å². The summed E-state index contributed by atoms with van der Waals surface area (Å²) in [6, 6.07) is 22.1. The van der Waals surface area contributed by atoms with Crippen LogP contribution in [0.1, 0.15) is 28.8 Å². The molecule has 2 heterocycles. The second kappa shape index (κ2) is 12.4. The number of imidazole rings is 1. The Labute approximate surface area is 238 Å². The van der Waals surface area contributed by atoms with Gasteiger partial charge in [0.25, 0.3) is 5.91 Å². The first kappa shape index (κ1) is 27.4. The van der Waals surface area contributed by atoms with Gasteiger partial charge in [-0.1, -0.05) is 47.5 Å². The van der Waals surface area contributed by atoms with E-state index in [1.165, 1.54) is 0 Å². The summed E-state index contributed by atoms with van der Waals surface area (Å²) >= 11 is 6.08. The smallest absolute Gasteiger partial charge is 0.254 e. The van der Waals surface area contributed by atoms with Crippen LogP contribution in [0.25, 0.3) is 16.9 Å². The van der Waals surface area contributed by atoms with Crippen LogP contribution in [-0.4, -0.2) is 59.2 Å². The van der Waals surface area contributed by atoms with E-state index in [0.29, 0.717) is 41.1 Å². The lowest BCUT2D eigenvalue weighted by Gasteiger charge is -2.25. The van der Waals surface area contributed by atoms with E-state index in [1.54, 1.807) is 40.8 Å². The number of rotatable bonds is 9. The number of nitrogens with zero attached hydrogens (tertiary/aromatic N) is 3. The maximum absolute atomic E-state index is 13.5. The molecule has 1 saturated heterocycles. The molecule has 8 nitrogen and oxygen atoms in total. The SMILES string of the molecule is COc1cccc(-n2cc(-c3ccc(Cl)cc3)nc2NC(=O)CN(C[C@H]2CCCO2)C(=O)c2ccc(C)cc2)c1. The van der Waals surface area contributed by atoms with Gasteiger partial charge in [-0.15, -0.1) is 0 Å². The topological polar surface area (TPSA) is 85.7 Å². The lowest BCUT2D eigenvalue weighted by molar-refractivity contribution is -0.117. The van der Waals surface area contributed by atoms with Gasteiger partial charge in [0.05, 0.1) is 24.6 Å². The highest BCUT2D eigenvalue weighted by Gasteiger charge is 2.26. The van der Waals surface area contributed by atoms with Crippen molar-refractivity contribution in [2.75, 3.05) is 32.1 Å². The first-order valence-electron chi connectivity index (χ1n) is 13.2. The lowest BCUT2D eigenvalue weighted by Crippen LogP contribution is -2.42. The molecule has 2 amide bonds. The zero-order chi connectivity index (χ0) is 28.1. The Morgan fingerprint density at radius 1 is 1.12 bits per heavy atom. The molecule has 206 valence electrons. The number of benzene rings is 3. The van der Waals surface area contributed by atoms with Crippen LogP contribution in [0.4, 0.5) is 5.95 Å². The second-order valence-electron chi connectivity index (χ2n) is 9.76. The van der Waals surface area contributed by atoms with Gasteiger partial charge in [-0.2, -0.15) is 0 Å². The summed E-state index contributed by atoms with van der Waals surface area (Å²) in [6.07, 6.45) is 3.53. The number of aryl methyl sites for hydroxylation is 1. The summed E-state index contributed by atoms with van der Waals surface area (Å²) in [6.45, 7) is 2.82. The minimum absolute atomic E-state index is 0.0996. The number of aromatic nitrogens is 2. The summed E-state index contributed by atoms with van der Waals surface area (Å²) < 4.78 is 13.0. The number of anilines is 1. The van der Waals surface area contributed by atoms with Crippen LogP contribution < -0.4 is 10.1 Å². The fourth-order valence-corrected chi connectivity index (χ4v) is 4.78. The van der Waals surface area contributed by atoms with Crippen molar-refractivity contribution in [3.63, 3.8) is 0 Å². The highest BCUT2D eigenvalue weighted by molar-refractivity contribution is 6.30. The third-order valence-electron chi connectivity index (χ3n) is 6.80. The van der Waals surface area contributed by atoms with Crippen molar-refractivity contribution in [3.8, 4) is 22.7 Å². The van der Waals surface area contributed by atoms with Gasteiger partial charge in [0.1, 0.15) is 12.3 Å². The molecule has 4 aromatic rings. The summed E-state index contributed by atoms with van der Waals surface area (Å²) in [4.78, 5) is 33.2. The van der Waals surface area contributed by atoms with Gasteiger partial charge in [0.15, 0.2) is 0 Å². The monoisotopic (exact) mass is 558 g/mol. The van der Waals surface area contributed by atoms with Crippen molar-refractivity contribution in [1.82, 2.24) is 14.5 Å². The van der Waals surface area contributed by atoms with Crippen molar-refractivity contribution in [2.24, 2.45) is 0 Å². The van der Waals surface area contributed by atoms with E-state index >= 15 is 0 Å². The number of halogens is 1. The number of hydrogen-bond donors (Lipinski definition) is 1. The molecule has 3 aromatic carbocycles. The number of hydrogen-bond acceptors (Lipinski definition) is 5. The molecular formula is C31H31ClN4O4. The van der Waals surface area contributed by atoms with Crippen LogP contribution in [0.2, 0.25) is 5.02 Å². The predicted octanol–water partition coefficient (Wildman–Crippen LogP) is 5.77. The molecule has 0 aliphatic carbocycles. The predicted molar refractivity (Wildman–Crippen MR) is 155 cm³/mol. The molecule has 1 aliphatic heterocycles. The zero-order valence-electron chi connectivity index (χ0n) is 22.5. The lowest BCUT2D eigenvalue weighted by atomic mass is 10.1. The fraction of sp³-hybridized carbons (Fsp3) is 0.258. The summed E-state index contributed by atoms with van der Waals surface area (Å²) in [5, 5.41) is 3.55. The van der Waals surface area contributed by atoms with Crippen LogP contribution in [0.15, 0.2) is 79.0 Å². The van der Waals surface area contributed by atoms with Crippen molar-refractivity contribution in [1.29, 1.82) is 0 Å². The minimum atomic E-state index is -0.365. The largest absolute Gasteiger partial charge is 0.497 e. The van der Waals surface area contributed by atoms with Crippen LogP contribution in [0, 0.1) is 6.92 Å². The molecule has 9 heteroatoms. The zero-order valence-corrected chi connectivity index (χ0v) is 23.2. The Bertz CT molecular complexity index is 1480. The molecule has 5 rings (SSSR count). The van der Waals surface area contributed by atoms with Gasteiger partial charge < -0.3 is 14.4 Å². The van der Waals surface area contributed by atoms with Gasteiger partial charge in [-0.3, -0.25) is 19.5 Å². The molecule has 0 unspecified atom stereocenters. The second-order valence-corrected chi connectivity index (χ2v) is 10.2. The van der Waals surface area contributed by atoms with Gasteiger partial charge in [0.2, 0.25) is 11.9 Å². The molecule has 1 fully saturated rings. The number of nitrogens with one attached hydrogen (secondary N) is 1. The van der Waals surface area contributed by atoms with Crippen LogP contribution in [0.5, 0.6) is 5.75 Å². The normalized spacial score (nSPS) is 14.6. The van der Waals surface area contributed by atoms with Crippen molar-refractivity contribution >= 4 is 29.4 Å². The van der Waals surface area contributed by atoms with E-state index in [4.69, 9.17) is 26.1 Å². The Morgan fingerprint density at radius 3 is 2.60 bits per heavy atom. The van der Waals surface area contributed by atoms with E-state index in [0.717, 1.165) is 29.7 Å². The Hall–Kier alpha value is -4.14. The molecule has 0 radical (unpaired) electrons. The average molecular weight is 559 g/mol. The third kappa shape index (κ3) is 6.52. The number of methoxy groups -OCH3 is 1. The van der Waals surface area contributed by atoms with E-state index < -0.39 is 0 Å². The summed E-state index contributed by atoms with van der Waals surface area (Å²) in [5.41, 5.74) is 3.84. The van der Waals surface area contributed by atoms with Gasteiger partial charge >= 0.3 is 0 Å². The minimum Gasteiger partial charge on any atom is -0.497 e. The van der Waals surface area contributed by atoms with Crippen LogP contribution in [-0.2, 0) is 9.53 Å². The highest BCUT2D eigenvalue weighted by Crippen LogP contribution is 2.27. The van der Waals surface area contributed by atoms with Crippen molar-refractivity contribution in [3.05, 3.63) is 95.1 Å². The first-order chi connectivity index (χ1) is 19.4. The van der Waals surface area contributed by atoms with Crippen molar-refractivity contribution in [2.45, 2.75) is 25.9 Å². The summed E-state index contributed by atoms with van der Waals surface area (Å²) in [5.74, 6) is 0.408.